The van der Waals surface area contributed by atoms with Crippen LogP contribution in [0.4, 0.5) is 13.2 Å². The summed E-state index contributed by atoms with van der Waals surface area (Å²) in [6.45, 7) is 8.82. The van der Waals surface area contributed by atoms with Crippen molar-refractivity contribution in [3.63, 3.8) is 0 Å². The van der Waals surface area contributed by atoms with Gasteiger partial charge in [-0.3, -0.25) is 9.89 Å². The van der Waals surface area contributed by atoms with Crippen LogP contribution in [0.5, 0.6) is 5.75 Å². The molecule has 1 saturated heterocycles. The lowest BCUT2D eigenvalue weighted by Crippen LogP contribution is -2.39. The Morgan fingerprint density at radius 2 is 1.89 bits per heavy atom. The van der Waals surface area contributed by atoms with Crippen LogP contribution in [0.2, 0.25) is 0 Å². The molecule has 28 heavy (non-hydrogen) atoms. The number of aliphatic imine (C=N–C) groups is 1. The van der Waals surface area contributed by atoms with Gasteiger partial charge in [-0.25, -0.2) is 0 Å². The number of halogens is 3. The number of ether oxygens (including phenoxy) is 2. The van der Waals surface area contributed by atoms with Gasteiger partial charge in [-0.1, -0.05) is 0 Å². The normalized spacial score (nSPS) is 16.1. The van der Waals surface area contributed by atoms with E-state index >= 15 is 0 Å². The molecule has 1 aliphatic rings. The number of alkyl halides is 3. The first kappa shape index (κ1) is 22.3. The third-order valence-electron chi connectivity index (χ3n) is 4.20. The average Bonchev–Trinajstić information content (AvgIpc) is 2.69. The Balaban J connectivity index is 1.66. The Morgan fingerprint density at radius 3 is 2.54 bits per heavy atom. The summed E-state index contributed by atoms with van der Waals surface area (Å²) in [5.74, 6) is 1.11. The van der Waals surface area contributed by atoms with Gasteiger partial charge < -0.3 is 20.1 Å². The molecule has 1 aliphatic heterocycles. The SMILES string of the molecule is CCNC(=NCCCN1CCOCC1)NCCOc1ccc(C(F)(F)F)cc1. The minimum Gasteiger partial charge on any atom is -0.492 e. The van der Waals surface area contributed by atoms with Crippen LogP contribution in [-0.2, 0) is 10.9 Å². The van der Waals surface area contributed by atoms with E-state index in [9.17, 15) is 13.2 Å². The smallest absolute Gasteiger partial charge is 0.416 e. The summed E-state index contributed by atoms with van der Waals surface area (Å²) in [5, 5.41) is 6.33. The van der Waals surface area contributed by atoms with Gasteiger partial charge in [0.1, 0.15) is 12.4 Å². The Kier molecular flexibility index (Phi) is 9.36. The molecule has 1 fully saturated rings. The second kappa shape index (κ2) is 11.8. The van der Waals surface area contributed by atoms with Gasteiger partial charge in [0.25, 0.3) is 0 Å². The fraction of sp³-hybridized carbons (Fsp3) is 0.632. The van der Waals surface area contributed by atoms with E-state index in [0.717, 1.165) is 57.9 Å². The van der Waals surface area contributed by atoms with Crippen molar-refractivity contribution in [2.45, 2.75) is 19.5 Å². The largest absolute Gasteiger partial charge is 0.492 e. The molecule has 2 N–H and O–H groups in total. The summed E-state index contributed by atoms with van der Waals surface area (Å²) in [6, 6.07) is 4.69. The standard InChI is InChI=1S/C19H29F3N4O2/c1-2-23-18(24-8-3-10-26-11-14-27-15-12-26)25-9-13-28-17-6-4-16(5-7-17)19(20,21)22/h4-7H,2-3,8-15H2,1H3,(H2,23,24,25). The van der Waals surface area contributed by atoms with Gasteiger partial charge in [0, 0.05) is 32.7 Å². The number of hydrogen-bond donors (Lipinski definition) is 2. The summed E-state index contributed by atoms with van der Waals surface area (Å²) in [4.78, 5) is 6.91. The van der Waals surface area contributed by atoms with Gasteiger partial charge in [-0.15, -0.1) is 0 Å². The molecular formula is C19H29F3N4O2. The molecule has 0 saturated carbocycles. The van der Waals surface area contributed by atoms with Gasteiger partial charge in [0.05, 0.1) is 25.3 Å². The molecule has 0 bridgehead atoms. The molecule has 0 amide bonds. The summed E-state index contributed by atoms with van der Waals surface area (Å²) in [6.07, 6.45) is -3.36. The van der Waals surface area contributed by atoms with Crippen molar-refractivity contribution >= 4 is 5.96 Å². The van der Waals surface area contributed by atoms with E-state index in [1.165, 1.54) is 12.1 Å². The maximum absolute atomic E-state index is 12.5. The number of guanidine groups is 1. The van der Waals surface area contributed by atoms with E-state index < -0.39 is 11.7 Å². The predicted molar refractivity (Wildman–Crippen MR) is 103 cm³/mol. The number of rotatable bonds is 9. The summed E-state index contributed by atoms with van der Waals surface area (Å²) in [7, 11) is 0. The first-order chi connectivity index (χ1) is 13.5. The van der Waals surface area contributed by atoms with Crippen molar-refractivity contribution in [1.82, 2.24) is 15.5 Å². The average molecular weight is 402 g/mol. The molecule has 1 heterocycles. The van der Waals surface area contributed by atoms with E-state index in [-0.39, 0.29) is 0 Å². The highest BCUT2D eigenvalue weighted by Gasteiger charge is 2.29. The van der Waals surface area contributed by atoms with Crippen LogP contribution in [0.3, 0.4) is 0 Å². The van der Waals surface area contributed by atoms with Crippen LogP contribution >= 0.6 is 0 Å². The highest BCUT2D eigenvalue weighted by Crippen LogP contribution is 2.30. The van der Waals surface area contributed by atoms with Crippen LogP contribution in [0.25, 0.3) is 0 Å². The fourth-order valence-corrected chi connectivity index (χ4v) is 2.73. The van der Waals surface area contributed by atoms with Crippen molar-refractivity contribution in [2.75, 3.05) is 59.1 Å². The molecule has 0 unspecified atom stereocenters. The summed E-state index contributed by atoms with van der Waals surface area (Å²) < 4.78 is 48.4. The second-order valence-electron chi connectivity index (χ2n) is 6.37. The Hall–Kier alpha value is -2.00. The van der Waals surface area contributed by atoms with E-state index in [1.807, 2.05) is 6.92 Å². The Bertz CT molecular complexity index is 588. The maximum Gasteiger partial charge on any atom is 0.416 e. The molecule has 158 valence electrons. The second-order valence-corrected chi connectivity index (χ2v) is 6.37. The highest BCUT2D eigenvalue weighted by atomic mass is 19.4. The monoisotopic (exact) mass is 402 g/mol. The molecule has 1 aromatic carbocycles. The molecule has 0 atom stereocenters. The first-order valence-electron chi connectivity index (χ1n) is 9.61. The molecule has 6 nitrogen and oxygen atoms in total. The molecule has 2 rings (SSSR count). The van der Waals surface area contributed by atoms with Gasteiger partial charge in [0.15, 0.2) is 5.96 Å². The molecule has 0 aromatic heterocycles. The zero-order valence-electron chi connectivity index (χ0n) is 16.2. The molecular weight excluding hydrogens is 373 g/mol. The van der Waals surface area contributed by atoms with Crippen molar-refractivity contribution in [3.8, 4) is 5.75 Å². The number of nitrogens with zero attached hydrogens (tertiary/aromatic N) is 2. The van der Waals surface area contributed by atoms with Crippen molar-refractivity contribution in [2.24, 2.45) is 4.99 Å². The third kappa shape index (κ3) is 8.35. The minimum atomic E-state index is -4.33. The van der Waals surface area contributed by atoms with Crippen LogP contribution in [0.1, 0.15) is 18.9 Å². The van der Waals surface area contributed by atoms with Crippen LogP contribution in [0, 0.1) is 0 Å². The third-order valence-corrected chi connectivity index (χ3v) is 4.20. The van der Waals surface area contributed by atoms with Crippen LogP contribution in [0.15, 0.2) is 29.3 Å². The number of morpholine rings is 1. The number of hydrogen-bond acceptors (Lipinski definition) is 4. The van der Waals surface area contributed by atoms with Gasteiger partial charge in [-0.05, 0) is 37.6 Å². The first-order valence-corrected chi connectivity index (χ1v) is 9.61. The predicted octanol–water partition coefficient (Wildman–Crippen LogP) is 2.36. The van der Waals surface area contributed by atoms with Gasteiger partial charge in [0.2, 0.25) is 0 Å². The molecule has 0 radical (unpaired) electrons. The lowest BCUT2D eigenvalue weighted by atomic mass is 10.2. The van der Waals surface area contributed by atoms with Gasteiger partial charge in [-0.2, -0.15) is 13.2 Å². The van der Waals surface area contributed by atoms with E-state index in [4.69, 9.17) is 9.47 Å². The minimum absolute atomic E-state index is 0.323. The lowest BCUT2D eigenvalue weighted by molar-refractivity contribution is -0.137. The quantitative estimate of drug-likeness (QED) is 0.377. The Labute approximate surface area is 164 Å². The zero-order valence-corrected chi connectivity index (χ0v) is 16.2. The van der Waals surface area contributed by atoms with Crippen molar-refractivity contribution < 1.29 is 22.6 Å². The fourth-order valence-electron chi connectivity index (χ4n) is 2.73. The molecule has 0 spiro atoms. The van der Waals surface area contributed by atoms with Crippen LogP contribution in [-0.4, -0.2) is 69.9 Å². The van der Waals surface area contributed by atoms with E-state index in [0.29, 0.717) is 31.4 Å². The summed E-state index contributed by atoms with van der Waals surface area (Å²) >= 11 is 0. The van der Waals surface area contributed by atoms with Crippen molar-refractivity contribution in [1.29, 1.82) is 0 Å². The summed E-state index contributed by atoms with van der Waals surface area (Å²) in [5.41, 5.74) is -0.684. The van der Waals surface area contributed by atoms with Gasteiger partial charge >= 0.3 is 6.18 Å². The topological polar surface area (TPSA) is 58.1 Å². The lowest BCUT2D eigenvalue weighted by Gasteiger charge is -2.26. The molecule has 1 aromatic rings. The van der Waals surface area contributed by atoms with E-state index in [2.05, 4.69) is 20.5 Å². The Morgan fingerprint density at radius 1 is 1.18 bits per heavy atom. The number of nitrogens with one attached hydrogen (secondary N) is 2. The van der Waals surface area contributed by atoms with Crippen molar-refractivity contribution in [3.05, 3.63) is 29.8 Å². The molecule has 9 heteroatoms. The number of benzene rings is 1. The molecule has 0 aliphatic carbocycles. The van der Waals surface area contributed by atoms with E-state index in [1.54, 1.807) is 0 Å². The maximum atomic E-state index is 12.5. The zero-order chi connectivity index (χ0) is 20.2. The highest BCUT2D eigenvalue weighted by molar-refractivity contribution is 5.79. The van der Waals surface area contributed by atoms with Crippen LogP contribution < -0.4 is 15.4 Å².